The molecule has 0 unspecified atom stereocenters. The summed E-state index contributed by atoms with van der Waals surface area (Å²) in [5.74, 6) is 0.519. The Morgan fingerprint density at radius 1 is 1.39 bits per heavy atom. The zero-order valence-electron chi connectivity index (χ0n) is 12.1. The third-order valence-corrected chi connectivity index (χ3v) is 2.88. The van der Waals surface area contributed by atoms with Crippen LogP contribution in [0.15, 0.2) is 29.3 Å². The zero-order valence-corrected chi connectivity index (χ0v) is 12.1. The fourth-order valence-electron chi connectivity index (χ4n) is 1.78. The Balaban J connectivity index is 2.76. The van der Waals surface area contributed by atoms with Crippen molar-refractivity contribution in [3.05, 3.63) is 35.4 Å². The monoisotopic (exact) mass is 247 g/mol. The summed E-state index contributed by atoms with van der Waals surface area (Å²) in [4.78, 5) is 4.43. The Hall–Kier alpha value is -1.51. The van der Waals surface area contributed by atoms with Crippen LogP contribution in [0.25, 0.3) is 0 Å². The van der Waals surface area contributed by atoms with Crippen molar-refractivity contribution >= 4 is 5.96 Å². The molecule has 3 N–H and O–H groups in total. The lowest BCUT2D eigenvalue weighted by Gasteiger charge is -2.24. The second-order valence-electron chi connectivity index (χ2n) is 5.75. The van der Waals surface area contributed by atoms with E-state index in [4.69, 9.17) is 5.73 Å². The Morgan fingerprint density at radius 2 is 2.06 bits per heavy atom. The third-order valence-electron chi connectivity index (χ3n) is 2.88. The summed E-state index contributed by atoms with van der Waals surface area (Å²) < 4.78 is 0. The molecule has 0 amide bonds. The molecule has 1 rings (SSSR count). The Morgan fingerprint density at radius 3 is 2.61 bits per heavy atom. The van der Waals surface area contributed by atoms with Gasteiger partial charge in [-0.2, -0.15) is 0 Å². The minimum atomic E-state index is -0.00466. The van der Waals surface area contributed by atoms with Crippen LogP contribution in [0.1, 0.15) is 38.8 Å². The number of nitrogens with two attached hydrogens (primary N) is 1. The summed E-state index contributed by atoms with van der Waals surface area (Å²) >= 11 is 0. The molecule has 0 radical (unpaired) electrons. The van der Waals surface area contributed by atoms with Gasteiger partial charge in [0.05, 0.1) is 6.54 Å². The van der Waals surface area contributed by atoms with Crippen LogP contribution in [0, 0.1) is 6.92 Å². The molecule has 1 aromatic carbocycles. The summed E-state index contributed by atoms with van der Waals surface area (Å²) in [5.41, 5.74) is 8.39. The molecule has 3 nitrogen and oxygen atoms in total. The molecule has 0 aromatic heterocycles. The second-order valence-corrected chi connectivity index (χ2v) is 5.75. The third kappa shape index (κ3) is 4.40. The van der Waals surface area contributed by atoms with Gasteiger partial charge in [-0.05, 0) is 26.3 Å². The first kappa shape index (κ1) is 14.6. The molecule has 0 saturated heterocycles. The van der Waals surface area contributed by atoms with Gasteiger partial charge >= 0.3 is 0 Å². The van der Waals surface area contributed by atoms with E-state index >= 15 is 0 Å². The average Bonchev–Trinajstić information content (AvgIpc) is 2.26. The molecule has 0 aliphatic heterocycles. The van der Waals surface area contributed by atoms with Gasteiger partial charge in [0.2, 0.25) is 0 Å². The number of guanidine groups is 1. The number of hydrogen-bond acceptors (Lipinski definition) is 1. The maximum atomic E-state index is 5.83. The van der Waals surface area contributed by atoms with Crippen molar-refractivity contribution in [3.63, 3.8) is 0 Å². The highest BCUT2D eigenvalue weighted by molar-refractivity contribution is 5.78. The van der Waals surface area contributed by atoms with Crippen molar-refractivity contribution in [2.45, 2.75) is 46.1 Å². The molecule has 0 heterocycles. The molecule has 100 valence electrons. The van der Waals surface area contributed by atoms with Crippen molar-refractivity contribution in [1.29, 1.82) is 0 Å². The number of aryl methyl sites for hydroxylation is 1. The van der Waals surface area contributed by atoms with Gasteiger partial charge in [0, 0.05) is 11.5 Å². The SMILES string of the molecule is Cc1cccc(C(C)(C)CN=C(N)NC(C)C)c1. The van der Waals surface area contributed by atoms with Gasteiger partial charge in [-0.25, -0.2) is 0 Å². The van der Waals surface area contributed by atoms with E-state index in [1.807, 2.05) is 13.8 Å². The smallest absolute Gasteiger partial charge is 0.188 e. The first-order valence-corrected chi connectivity index (χ1v) is 6.45. The summed E-state index contributed by atoms with van der Waals surface area (Å²) in [6.07, 6.45) is 0. The summed E-state index contributed by atoms with van der Waals surface area (Å²) in [5, 5.41) is 3.11. The van der Waals surface area contributed by atoms with Crippen LogP contribution in [0.2, 0.25) is 0 Å². The second kappa shape index (κ2) is 5.89. The molecule has 0 bridgehead atoms. The molecule has 18 heavy (non-hydrogen) atoms. The predicted octanol–water partition coefficient (Wildman–Crippen LogP) is 2.59. The van der Waals surface area contributed by atoms with Crippen molar-refractivity contribution in [3.8, 4) is 0 Å². The maximum absolute atomic E-state index is 5.83. The standard InChI is InChI=1S/C15H25N3/c1-11(2)18-14(16)17-10-15(4,5)13-8-6-7-12(3)9-13/h6-9,11H,10H2,1-5H3,(H3,16,17,18). The molecule has 0 spiro atoms. The summed E-state index contributed by atoms with van der Waals surface area (Å²) in [6.45, 7) is 11.3. The molecule has 1 aromatic rings. The van der Waals surface area contributed by atoms with Gasteiger partial charge < -0.3 is 11.1 Å². The minimum absolute atomic E-state index is 0.00466. The predicted molar refractivity (Wildman–Crippen MR) is 79.0 cm³/mol. The van der Waals surface area contributed by atoms with Crippen LogP contribution in [-0.4, -0.2) is 18.5 Å². The number of nitrogens with zero attached hydrogens (tertiary/aromatic N) is 1. The Labute approximate surface area is 111 Å². The maximum Gasteiger partial charge on any atom is 0.188 e. The lowest BCUT2D eigenvalue weighted by atomic mass is 9.84. The van der Waals surface area contributed by atoms with Crippen LogP contribution < -0.4 is 11.1 Å². The van der Waals surface area contributed by atoms with Gasteiger partial charge in [-0.3, -0.25) is 4.99 Å². The van der Waals surface area contributed by atoms with E-state index in [-0.39, 0.29) is 5.41 Å². The normalized spacial score (nSPS) is 12.9. The van der Waals surface area contributed by atoms with Crippen molar-refractivity contribution in [2.75, 3.05) is 6.54 Å². The van der Waals surface area contributed by atoms with Gasteiger partial charge in [0.25, 0.3) is 0 Å². The molecule has 0 aliphatic carbocycles. The number of rotatable bonds is 4. The van der Waals surface area contributed by atoms with Gasteiger partial charge in [-0.1, -0.05) is 43.7 Å². The molecular formula is C15H25N3. The highest BCUT2D eigenvalue weighted by Crippen LogP contribution is 2.24. The number of aliphatic imine (C=N–C) groups is 1. The largest absolute Gasteiger partial charge is 0.370 e. The molecule has 0 fully saturated rings. The van der Waals surface area contributed by atoms with E-state index in [0.29, 0.717) is 18.5 Å². The van der Waals surface area contributed by atoms with E-state index < -0.39 is 0 Å². The fourth-order valence-corrected chi connectivity index (χ4v) is 1.78. The highest BCUT2D eigenvalue weighted by atomic mass is 15.1. The van der Waals surface area contributed by atoms with E-state index in [1.165, 1.54) is 11.1 Å². The molecular weight excluding hydrogens is 222 g/mol. The van der Waals surface area contributed by atoms with Crippen LogP contribution >= 0.6 is 0 Å². The van der Waals surface area contributed by atoms with E-state index in [1.54, 1.807) is 0 Å². The summed E-state index contributed by atoms with van der Waals surface area (Å²) in [7, 11) is 0. The number of nitrogens with one attached hydrogen (secondary N) is 1. The molecule has 0 atom stereocenters. The van der Waals surface area contributed by atoms with Crippen molar-refractivity contribution in [2.24, 2.45) is 10.7 Å². The topological polar surface area (TPSA) is 50.4 Å². The van der Waals surface area contributed by atoms with Gasteiger partial charge in [-0.15, -0.1) is 0 Å². The first-order valence-electron chi connectivity index (χ1n) is 6.45. The minimum Gasteiger partial charge on any atom is -0.370 e. The van der Waals surface area contributed by atoms with Crippen molar-refractivity contribution < 1.29 is 0 Å². The van der Waals surface area contributed by atoms with Gasteiger partial charge in [0.15, 0.2) is 5.96 Å². The molecule has 0 saturated carbocycles. The fraction of sp³-hybridized carbons (Fsp3) is 0.533. The lowest BCUT2D eigenvalue weighted by Crippen LogP contribution is -2.38. The number of benzene rings is 1. The van der Waals surface area contributed by atoms with Crippen molar-refractivity contribution in [1.82, 2.24) is 5.32 Å². The van der Waals surface area contributed by atoms with Crippen LogP contribution in [0.3, 0.4) is 0 Å². The highest BCUT2D eigenvalue weighted by Gasteiger charge is 2.20. The molecule has 3 heteroatoms. The Bertz CT molecular complexity index is 420. The van der Waals surface area contributed by atoms with E-state index in [2.05, 4.69) is 55.3 Å². The van der Waals surface area contributed by atoms with E-state index in [9.17, 15) is 0 Å². The number of hydrogen-bond donors (Lipinski definition) is 2. The van der Waals surface area contributed by atoms with Crippen LogP contribution in [-0.2, 0) is 5.41 Å². The lowest BCUT2D eigenvalue weighted by molar-refractivity contribution is 0.537. The van der Waals surface area contributed by atoms with Gasteiger partial charge in [0.1, 0.15) is 0 Å². The quantitative estimate of drug-likeness (QED) is 0.634. The van der Waals surface area contributed by atoms with Crippen LogP contribution in [0.5, 0.6) is 0 Å². The summed E-state index contributed by atoms with van der Waals surface area (Å²) in [6, 6.07) is 8.87. The first-order chi connectivity index (χ1) is 8.31. The molecule has 0 aliphatic rings. The Kier molecular flexibility index (Phi) is 4.76. The van der Waals surface area contributed by atoms with Crippen LogP contribution in [0.4, 0.5) is 0 Å². The average molecular weight is 247 g/mol. The zero-order chi connectivity index (χ0) is 13.8. The van der Waals surface area contributed by atoms with E-state index in [0.717, 1.165) is 0 Å².